The molecule has 0 fully saturated rings. The van der Waals surface area contributed by atoms with Gasteiger partial charge in [-0.2, -0.15) is 0 Å². The molecule has 6 heteroatoms. The molecule has 0 radical (unpaired) electrons. The van der Waals surface area contributed by atoms with E-state index < -0.39 is 10.0 Å². The highest BCUT2D eigenvalue weighted by atomic mass is 32.2. The van der Waals surface area contributed by atoms with Crippen molar-refractivity contribution in [1.29, 1.82) is 0 Å². The molecule has 0 bridgehead atoms. The minimum Gasteiger partial charge on any atom is -0.331 e. The molecule has 0 aliphatic rings. The molecule has 1 aromatic heterocycles. The molecule has 2 aromatic carbocycles. The summed E-state index contributed by atoms with van der Waals surface area (Å²) < 4.78 is 29.3. The summed E-state index contributed by atoms with van der Waals surface area (Å²) in [7, 11) is -1.54. The minimum absolute atomic E-state index is 0.238. The molecule has 0 amide bonds. The van der Waals surface area contributed by atoms with Crippen molar-refractivity contribution in [3.05, 3.63) is 59.4 Å². The van der Waals surface area contributed by atoms with Gasteiger partial charge in [0.15, 0.2) is 0 Å². The van der Waals surface area contributed by atoms with Crippen molar-refractivity contribution in [2.75, 3.05) is 0 Å². The minimum atomic E-state index is -3.51. The van der Waals surface area contributed by atoms with Crippen LogP contribution in [0, 0.1) is 13.8 Å². The zero-order valence-electron chi connectivity index (χ0n) is 13.4. The lowest BCUT2D eigenvalue weighted by atomic mass is 10.2. The van der Waals surface area contributed by atoms with Crippen LogP contribution in [0.4, 0.5) is 0 Å². The van der Waals surface area contributed by atoms with Crippen LogP contribution in [0.1, 0.15) is 17.0 Å². The molecule has 0 saturated carbocycles. The van der Waals surface area contributed by atoms with E-state index in [0.29, 0.717) is 0 Å². The first-order valence-electron chi connectivity index (χ1n) is 7.35. The molecular formula is C17H19N3O2S. The van der Waals surface area contributed by atoms with Gasteiger partial charge in [-0.15, -0.1) is 0 Å². The Labute approximate surface area is 136 Å². The highest BCUT2D eigenvalue weighted by Gasteiger charge is 2.13. The highest BCUT2D eigenvalue weighted by Crippen LogP contribution is 2.17. The fourth-order valence-corrected chi connectivity index (χ4v) is 3.47. The molecule has 0 spiro atoms. The zero-order valence-corrected chi connectivity index (χ0v) is 14.2. The van der Waals surface area contributed by atoms with Crippen molar-refractivity contribution < 1.29 is 8.42 Å². The number of imidazole rings is 1. The third kappa shape index (κ3) is 3.13. The normalized spacial score (nSPS) is 12.0. The number of fused-ring (bicyclic) bond motifs is 1. The Kier molecular flexibility index (Phi) is 3.95. The van der Waals surface area contributed by atoms with Gasteiger partial charge in [-0.05, 0) is 43.7 Å². The number of aryl methyl sites for hydroxylation is 3. The molecule has 120 valence electrons. The van der Waals surface area contributed by atoms with Crippen LogP contribution in [0.25, 0.3) is 11.0 Å². The van der Waals surface area contributed by atoms with Crippen LogP contribution in [0.5, 0.6) is 0 Å². The van der Waals surface area contributed by atoms with Gasteiger partial charge in [-0.25, -0.2) is 18.1 Å². The van der Waals surface area contributed by atoms with Gasteiger partial charge in [0.05, 0.1) is 15.9 Å². The summed E-state index contributed by atoms with van der Waals surface area (Å²) in [4.78, 5) is 4.75. The van der Waals surface area contributed by atoms with Crippen LogP contribution < -0.4 is 4.72 Å². The van der Waals surface area contributed by atoms with E-state index in [-0.39, 0.29) is 11.4 Å². The number of nitrogens with one attached hydrogen (secondary N) is 1. The summed E-state index contributed by atoms with van der Waals surface area (Å²) in [5, 5.41) is 0. The van der Waals surface area contributed by atoms with E-state index in [0.717, 1.165) is 28.0 Å². The fourth-order valence-electron chi connectivity index (χ4n) is 2.45. The summed E-state index contributed by atoms with van der Waals surface area (Å²) >= 11 is 0. The fraction of sp³-hybridized carbons (Fsp3) is 0.235. The predicted octanol–water partition coefficient (Wildman–Crippen LogP) is 2.67. The topological polar surface area (TPSA) is 64.0 Å². The van der Waals surface area contributed by atoms with Crippen LogP contribution in [0.15, 0.2) is 47.4 Å². The summed E-state index contributed by atoms with van der Waals surface area (Å²) in [6.07, 6.45) is 0. The number of rotatable bonds is 4. The standard InChI is InChI=1S/C17H19N3O2S/c1-12-4-7-15(8-5-12)23(21,22)18-11-14-6-9-17-16(10-14)19-13(2)20(17)3/h4-10,18H,11H2,1-3H3. The summed E-state index contributed by atoms with van der Waals surface area (Å²) in [6, 6.07) is 12.6. The Balaban J connectivity index is 1.81. The molecule has 5 nitrogen and oxygen atoms in total. The maximum Gasteiger partial charge on any atom is 0.240 e. The molecule has 0 aliphatic carbocycles. The average molecular weight is 329 g/mol. The van der Waals surface area contributed by atoms with Crippen LogP contribution in [0.3, 0.4) is 0 Å². The second-order valence-corrected chi connectivity index (χ2v) is 7.45. The van der Waals surface area contributed by atoms with Gasteiger partial charge in [0, 0.05) is 13.6 Å². The largest absolute Gasteiger partial charge is 0.331 e. The van der Waals surface area contributed by atoms with Crippen molar-refractivity contribution in [2.24, 2.45) is 7.05 Å². The summed E-state index contributed by atoms with van der Waals surface area (Å²) in [5.74, 6) is 0.928. The van der Waals surface area contributed by atoms with Crippen LogP contribution in [0.2, 0.25) is 0 Å². The Morgan fingerprint density at radius 3 is 2.48 bits per heavy atom. The van der Waals surface area contributed by atoms with E-state index in [1.54, 1.807) is 24.3 Å². The number of benzene rings is 2. The van der Waals surface area contributed by atoms with E-state index in [1.807, 2.05) is 43.7 Å². The number of nitrogens with zero attached hydrogens (tertiary/aromatic N) is 2. The molecule has 1 N–H and O–H groups in total. The third-order valence-electron chi connectivity index (χ3n) is 3.97. The molecular weight excluding hydrogens is 310 g/mol. The Hall–Kier alpha value is -2.18. The first kappa shape index (κ1) is 15.7. The highest BCUT2D eigenvalue weighted by molar-refractivity contribution is 7.89. The second kappa shape index (κ2) is 5.79. The summed E-state index contributed by atoms with van der Waals surface area (Å²) in [6.45, 7) is 4.11. The molecule has 3 aromatic rings. The van der Waals surface area contributed by atoms with Crippen molar-refractivity contribution in [3.8, 4) is 0 Å². The average Bonchev–Trinajstić information content (AvgIpc) is 2.80. The monoisotopic (exact) mass is 329 g/mol. The van der Waals surface area contributed by atoms with E-state index in [4.69, 9.17) is 0 Å². The van der Waals surface area contributed by atoms with Gasteiger partial charge in [0.2, 0.25) is 10.0 Å². The molecule has 3 rings (SSSR count). The van der Waals surface area contributed by atoms with Gasteiger partial charge in [0.1, 0.15) is 5.82 Å². The van der Waals surface area contributed by atoms with Crippen molar-refractivity contribution in [1.82, 2.24) is 14.3 Å². The number of sulfonamides is 1. The van der Waals surface area contributed by atoms with Crippen molar-refractivity contribution in [3.63, 3.8) is 0 Å². The lowest BCUT2D eigenvalue weighted by Crippen LogP contribution is -2.23. The Morgan fingerprint density at radius 2 is 1.78 bits per heavy atom. The zero-order chi connectivity index (χ0) is 16.6. The molecule has 0 unspecified atom stereocenters. The van der Waals surface area contributed by atoms with Crippen LogP contribution in [-0.2, 0) is 23.6 Å². The second-order valence-electron chi connectivity index (χ2n) is 5.68. The van der Waals surface area contributed by atoms with E-state index >= 15 is 0 Å². The van der Waals surface area contributed by atoms with E-state index in [1.165, 1.54) is 0 Å². The Morgan fingerprint density at radius 1 is 1.09 bits per heavy atom. The summed E-state index contributed by atoms with van der Waals surface area (Å²) in [5.41, 5.74) is 3.82. The number of aromatic nitrogens is 2. The maximum atomic E-state index is 12.3. The first-order chi connectivity index (χ1) is 10.9. The van der Waals surface area contributed by atoms with Gasteiger partial charge < -0.3 is 4.57 Å². The molecule has 0 aliphatic heterocycles. The van der Waals surface area contributed by atoms with Gasteiger partial charge in [-0.1, -0.05) is 23.8 Å². The van der Waals surface area contributed by atoms with Crippen LogP contribution >= 0.6 is 0 Å². The quantitative estimate of drug-likeness (QED) is 0.800. The SMILES string of the molecule is Cc1ccc(S(=O)(=O)NCc2ccc3c(c2)nc(C)n3C)cc1. The van der Waals surface area contributed by atoms with E-state index in [2.05, 4.69) is 9.71 Å². The predicted molar refractivity (Wildman–Crippen MR) is 90.7 cm³/mol. The smallest absolute Gasteiger partial charge is 0.240 e. The molecule has 0 saturated heterocycles. The Bertz CT molecular complexity index is 957. The van der Waals surface area contributed by atoms with Crippen molar-refractivity contribution in [2.45, 2.75) is 25.3 Å². The third-order valence-corrected chi connectivity index (χ3v) is 5.38. The maximum absolute atomic E-state index is 12.3. The van der Waals surface area contributed by atoms with Gasteiger partial charge in [0.25, 0.3) is 0 Å². The van der Waals surface area contributed by atoms with E-state index in [9.17, 15) is 8.42 Å². The molecule has 1 heterocycles. The van der Waals surface area contributed by atoms with Gasteiger partial charge in [-0.3, -0.25) is 0 Å². The molecule has 23 heavy (non-hydrogen) atoms. The first-order valence-corrected chi connectivity index (χ1v) is 8.83. The lowest BCUT2D eigenvalue weighted by molar-refractivity contribution is 0.581. The lowest BCUT2D eigenvalue weighted by Gasteiger charge is -2.07. The van der Waals surface area contributed by atoms with Gasteiger partial charge >= 0.3 is 0 Å². The number of hydrogen-bond acceptors (Lipinski definition) is 3. The van der Waals surface area contributed by atoms with Crippen LogP contribution in [-0.4, -0.2) is 18.0 Å². The van der Waals surface area contributed by atoms with Crippen molar-refractivity contribution >= 4 is 21.1 Å². The number of hydrogen-bond donors (Lipinski definition) is 1. The molecule has 0 atom stereocenters.